The maximum atomic E-state index is 12.7. The van der Waals surface area contributed by atoms with E-state index in [1.54, 1.807) is 41.3 Å². The van der Waals surface area contributed by atoms with Crippen LogP contribution in [0.25, 0.3) is 0 Å². The average molecular weight is 492 g/mol. The van der Waals surface area contributed by atoms with Crippen LogP contribution in [0.5, 0.6) is 5.75 Å². The van der Waals surface area contributed by atoms with Gasteiger partial charge in [-0.1, -0.05) is 22.9 Å². The maximum absolute atomic E-state index is 12.7. The van der Waals surface area contributed by atoms with Gasteiger partial charge in [0.15, 0.2) is 5.11 Å². The van der Waals surface area contributed by atoms with Gasteiger partial charge in [-0.2, -0.15) is 0 Å². The molecule has 30 heavy (non-hydrogen) atoms. The van der Waals surface area contributed by atoms with Gasteiger partial charge in [0.05, 0.1) is 12.2 Å². The molecule has 6 nitrogen and oxygen atoms in total. The van der Waals surface area contributed by atoms with E-state index in [4.69, 9.17) is 17.0 Å². The average Bonchev–Trinajstić information content (AvgIpc) is 2.74. The van der Waals surface area contributed by atoms with E-state index >= 15 is 0 Å². The number of nitrogens with zero attached hydrogens (tertiary/aromatic N) is 1. The van der Waals surface area contributed by atoms with Crippen molar-refractivity contribution < 1.29 is 14.3 Å². The van der Waals surface area contributed by atoms with Gasteiger partial charge in [-0.25, -0.2) is 0 Å². The van der Waals surface area contributed by atoms with Crippen LogP contribution in [0.15, 0.2) is 46.9 Å². The quantitative estimate of drug-likeness (QED) is 0.516. The molecule has 0 atom stereocenters. The predicted molar refractivity (Wildman–Crippen MR) is 127 cm³/mol. The molecule has 0 spiro atoms. The Balaban J connectivity index is 2.03. The highest BCUT2D eigenvalue weighted by molar-refractivity contribution is 9.10. The first kappa shape index (κ1) is 23.8. The molecule has 2 amide bonds. The summed E-state index contributed by atoms with van der Waals surface area (Å²) in [6.45, 7) is 7.72. The number of rotatable bonds is 8. The Kier molecular flexibility index (Phi) is 9.26. The highest BCUT2D eigenvalue weighted by atomic mass is 79.9. The lowest BCUT2D eigenvalue weighted by Gasteiger charge is -2.18. The fourth-order valence-corrected chi connectivity index (χ4v) is 3.31. The number of nitrogens with one attached hydrogen (secondary N) is 2. The number of thiocarbonyl (C=S) groups is 1. The molecule has 0 bridgehead atoms. The Morgan fingerprint density at radius 2 is 1.73 bits per heavy atom. The van der Waals surface area contributed by atoms with Crippen molar-refractivity contribution in [2.75, 3.05) is 25.0 Å². The number of ether oxygens (including phenoxy) is 1. The lowest BCUT2D eigenvalue weighted by Crippen LogP contribution is -2.34. The summed E-state index contributed by atoms with van der Waals surface area (Å²) in [5.74, 6) is 0.115. The fourth-order valence-electron chi connectivity index (χ4n) is 2.74. The molecule has 8 heteroatoms. The number of anilines is 1. The largest absolute Gasteiger partial charge is 0.493 e. The Morgan fingerprint density at radius 1 is 1.07 bits per heavy atom. The van der Waals surface area contributed by atoms with E-state index in [1.165, 1.54) is 0 Å². The first-order chi connectivity index (χ1) is 14.4. The second-order valence-electron chi connectivity index (χ2n) is 6.45. The molecule has 2 rings (SSSR count). The molecule has 0 saturated heterocycles. The highest BCUT2D eigenvalue weighted by Crippen LogP contribution is 2.23. The third kappa shape index (κ3) is 6.53. The lowest BCUT2D eigenvalue weighted by molar-refractivity contribution is 0.0772. The number of hydrogen-bond acceptors (Lipinski definition) is 4. The number of hydrogen-bond donors (Lipinski definition) is 2. The zero-order valence-electron chi connectivity index (χ0n) is 17.3. The van der Waals surface area contributed by atoms with Crippen LogP contribution in [-0.4, -0.2) is 41.5 Å². The van der Waals surface area contributed by atoms with Crippen LogP contribution in [0.2, 0.25) is 0 Å². The van der Waals surface area contributed by atoms with Gasteiger partial charge in [-0.05, 0) is 75.0 Å². The molecule has 0 heterocycles. The summed E-state index contributed by atoms with van der Waals surface area (Å²) < 4.78 is 6.42. The van der Waals surface area contributed by atoms with Gasteiger partial charge in [0.2, 0.25) is 0 Å². The normalized spacial score (nSPS) is 10.3. The Hall–Kier alpha value is -2.45. The van der Waals surface area contributed by atoms with Gasteiger partial charge in [0, 0.05) is 28.8 Å². The van der Waals surface area contributed by atoms with Gasteiger partial charge < -0.3 is 15.0 Å². The van der Waals surface area contributed by atoms with Gasteiger partial charge >= 0.3 is 0 Å². The van der Waals surface area contributed by atoms with Crippen LogP contribution < -0.4 is 15.4 Å². The lowest BCUT2D eigenvalue weighted by atomic mass is 10.1. The molecule has 0 aliphatic carbocycles. The number of carbonyl (C=O) groups excluding carboxylic acids is 2. The fraction of sp³-hybridized carbons (Fsp3) is 0.318. The summed E-state index contributed by atoms with van der Waals surface area (Å²) in [5.41, 5.74) is 1.67. The predicted octanol–water partition coefficient (Wildman–Crippen LogP) is 4.85. The molecule has 0 radical (unpaired) electrons. The topological polar surface area (TPSA) is 70.7 Å². The molecule has 0 saturated carbocycles. The van der Waals surface area contributed by atoms with Gasteiger partial charge in [-0.15, -0.1) is 0 Å². The minimum Gasteiger partial charge on any atom is -0.493 e. The molecule has 0 aliphatic rings. The van der Waals surface area contributed by atoms with Crippen LogP contribution in [0.3, 0.4) is 0 Å². The third-order valence-corrected chi connectivity index (χ3v) is 5.01. The van der Waals surface area contributed by atoms with Crippen molar-refractivity contribution in [1.29, 1.82) is 0 Å². The summed E-state index contributed by atoms with van der Waals surface area (Å²) in [4.78, 5) is 26.8. The minimum absolute atomic E-state index is 0.0170. The van der Waals surface area contributed by atoms with Crippen LogP contribution >= 0.6 is 28.1 Å². The molecule has 0 unspecified atom stereocenters. The van der Waals surface area contributed by atoms with Gasteiger partial charge in [0.25, 0.3) is 11.8 Å². The van der Waals surface area contributed by atoms with E-state index in [-0.39, 0.29) is 16.9 Å². The molecular formula is C22H26BrN3O3S. The summed E-state index contributed by atoms with van der Waals surface area (Å²) in [5, 5.41) is 5.79. The second-order valence-corrected chi connectivity index (χ2v) is 7.78. The molecular weight excluding hydrogens is 466 g/mol. The van der Waals surface area contributed by atoms with Crippen molar-refractivity contribution in [2.24, 2.45) is 0 Å². The van der Waals surface area contributed by atoms with Crippen LogP contribution in [0.4, 0.5) is 5.69 Å². The van der Waals surface area contributed by atoms with Crippen LogP contribution in [0, 0.1) is 0 Å². The van der Waals surface area contributed by atoms with E-state index < -0.39 is 0 Å². The molecule has 0 fully saturated rings. The van der Waals surface area contributed by atoms with E-state index in [9.17, 15) is 9.59 Å². The van der Waals surface area contributed by atoms with Crippen molar-refractivity contribution in [3.63, 3.8) is 0 Å². The Labute approximate surface area is 191 Å². The molecule has 0 aromatic heterocycles. The van der Waals surface area contributed by atoms with E-state index in [2.05, 4.69) is 26.6 Å². The van der Waals surface area contributed by atoms with Crippen molar-refractivity contribution in [3.8, 4) is 5.75 Å². The van der Waals surface area contributed by atoms with Crippen molar-refractivity contribution in [1.82, 2.24) is 10.2 Å². The number of amides is 2. The van der Waals surface area contributed by atoms with Crippen molar-refractivity contribution in [2.45, 2.75) is 27.2 Å². The van der Waals surface area contributed by atoms with Crippen LogP contribution in [0.1, 0.15) is 47.9 Å². The second kappa shape index (κ2) is 11.7. The molecule has 2 aromatic rings. The van der Waals surface area contributed by atoms with Gasteiger partial charge in [-0.3, -0.25) is 14.9 Å². The summed E-state index contributed by atoms with van der Waals surface area (Å²) in [6, 6.07) is 12.2. The maximum Gasteiger partial charge on any atom is 0.261 e. The molecule has 2 aromatic carbocycles. The SMILES string of the molecule is CCCOc1ccc(Br)cc1C(=O)NC(=S)Nc1ccc(C(=O)N(CC)CC)cc1. The van der Waals surface area contributed by atoms with E-state index in [0.717, 1.165) is 10.9 Å². The molecule has 160 valence electrons. The first-order valence-corrected chi connectivity index (χ1v) is 11.0. The van der Waals surface area contributed by atoms with Gasteiger partial charge in [0.1, 0.15) is 5.75 Å². The number of carbonyl (C=O) groups is 2. The summed E-state index contributed by atoms with van der Waals surface area (Å²) >= 11 is 8.65. The van der Waals surface area contributed by atoms with Crippen molar-refractivity contribution in [3.05, 3.63) is 58.1 Å². The van der Waals surface area contributed by atoms with E-state index in [0.29, 0.717) is 42.3 Å². The minimum atomic E-state index is -0.367. The summed E-state index contributed by atoms with van der Waals surface area (Å²) in [7, 11) is 0. The highest BCUT2D eigenvalue weighted by Gasteiger charge is 2.16. The summed E-state index contributed by atoms with van der Waals surface area (Å²) in [6.07, 6.45) is 0.837. The zero-order chi connectivity index (χ0) is 22.1. The van der Waals surface area contributed by atoms with Crippen molar-refractivity contribution >= 4 is 50.8 Å². The molecule has 2 N–H and O–H groups in total. The number of benzene rings is 2. The van der Waals surface area contributed by atoms with E-state index in [1.807, 2.05) is 26.8 Å². The molecule has 0 aliphatic heterocycles. The Bertz CT molecular complexity index is 899. The van der Waals surface area contributed by atoms with Crippen LogP contribution in [-0.2, 0) is 0 Å². The zero-order valence-corrected chi connectivity index (χ0v) is 19.7. The first-order valence-electron chi connectivity index (χ1n) is 9.83. The Morgan fingerprint density at radius 3 is 2.33 bits per heavy atom. The smallest absolute Gasteiger partial charge is 0.261 e. The third-order valence-electron chi connectivity index (χ3n) is 4.32. The standard InChI is InChI=1S/C22H26BrN3O3S/c1-4-13-29-19-12-9-16(23)14-18(19)20(27)25-22(30)24-17-10-7-15(8-11-17)21(28)26(5-2)6-3/h7-12,14H,4-6,13H2,1-3H3,(H2,24,25,27,30). The monoisotopic (exact) mass is 491 g/mol. The number of halogens is 1.